The van der Waals surface area contributed by atoms with E-state index in [4.69, 9.17) is 14.2 Å². The van der Waals surface area contributed by atoms with Crippen LogP contribution in [0.3, 0.4) is 0 Å². The van der Waals surface area contributed by atoms with E-state index in [1.54, 1.807) is 59.1 Å². The van der Waals surface area contributed by atoms with E-state index in [-0.39, 0.29) is 43.0 Å². The molecule has 0 radical (unpaired) electrons. The van der Waals surface area contributed by atoms with Crippen LogP contribution in [0.25, 0.3) is 10.9 Å². The molecular weight excluding hydrogens is 855 g/mol. The largest absolute Gasteiger partial charge is 0.493 e. The van der Waals surface area contributed by atoms with E-state index in [1.165, 1.54) is 18.2 Å². The number of fused-ring (bicyclic) bond motifs is 2. The summed E-state index contributed by atoms with van der Waals surface area (Å²) in [6.07, 6.45) is 1.73. The predicted molar refractivity (Wildman–Crippen MR) is 237 cm³/mol. The van der Waals surface area contributed by atoms with E-state index in [1.807, 2.05) is 41.0 Å². The zero-order valence-electron chi connectivity index (χ0n) is 36.7. The molecule has 3 fully saturated rings. The maximum absolute atomic E-state index is 15.9. The zero-order chi connectivity index (χ0) is 46.3. The Balaban J connectivity index is 0.786. The summed E-state index contributed by atoms with van der Waals surface area (Å²) in [5, 5.41) is 17.3. The number of piperidine rings is 1. The lowest BCUT2D eigenvalue weighted by atomic mass is 9.97. The van der Waals surface area contributed by atoms with Crippen molar-refractivity contribution in [3.63, 3.8) is 0 Å². The van der Waals surface area contributed by atoms with Gasteiger partial charge < -0.3 is 19.1 Å². The molecule has 2 atom stereocenters. The number of nitrogens with one attached hydrogen (secondary N) is 1. The van der Waals surface area contributed by atoms with Crippen LogP contribution in [0, 0.1) is 11.3 Å². The molecule has 1 N–H and O–H groups in total. The summed E-state index contributed by atoms with van der Waals surface area (Å²) in [6, 6.07) is 19.2. The lowest BCUT2D eigenvalue weighted by Crippen LogP contribution is -2.61. The van der Waals surface area contributed by atoms with Gasteiger partial charge in [0.15, 0.2) is 17.3 Å². The number of carbonyl (C=O) groups is 4. The number of carbonyl (C=O) groups excluding carboxylic acids is 4. The Morgan fingerprint density at radius 3 is 2.38 bits per heavy atom. The number of methoxy groups -OCH3 is 1. The first kappa shape index (κ1) is 44.1. The number of halogens is 2. The number of aryl methyl sites for hydroxylation is 1. The van der Waals surface area contributed by atoms with Crippen molar-refractivity contribution in [3.05, 3.63) is 95.2 Å². The van der Waals surface area contributed by atoms with Crippen molar-refractivity contribution in [2.75, 3.05) is 69.3 Å². The van der Waals surface area contributed by atoms with Gasteiger partial charge in [-0.1, -0.05) is 18.2 Å². The van der Waals surface area contributed by atoms with Crippen molar-refractivity contribution in [3.8, 4) is 29.1 Å². The Labute approximate surface area is 379 Å². The molecule has 4 aliphatic heterocycles. The van der Waals surface area contributed by atoms with E-state index < -0.39 is 35.9 Å². The molecule has 5 amide bonds. The zero-order valence-corrected chi connectivity index (χ0v) is 36.7. The highest BCUT2D eigenvalue weighted by molar-refractivity contribution is 6.21. The highest BCUT2D eigenvalue weighted by atomic mass is 19.3. The third-order valence-electron chi connectivity index (χ3n) is 12.7. The molecule has 6 heterocycles. The molecule has 66 heavy (non-hydrogen) atoms. The lowest BCUT2D eigenvalue weighted by molar-refractivity contribution is -0.129. The van der Waals surface area contributed by atoms with Crippen LogP contribution >= 0.6 is 0 Å². The normalized spacial score (nSPS) is 19.5. The molecule has 5 aromatic rings. The molecule has 4 aliphatic rings. The fourth-order valence-corrected chi connectivity index (χ4v) is 9.36. The second-order valence-corrected chi connectivity index (χ2v) is 16.7. The van der Waals surface area contributed by atoms with Gasteiger partial charge in [-0.05, 0) is 66.9 Å². The van der Waals surface area contributed by atoms with E-state index >= 15 is 8.78 Å². The summed E-state index contributed by atoms with van der Waals surface area (Å²) in [7, 11) is 3.28. The fourth-order valence-electron chi connectivity index (χ4n) is 9.36. The van der Waals surface area contributed by atoms with Gasteiger partial charge in [0, 0.05) is 76.9 Å². The molecule has 342 valence electrons. The Kier molecular flexibility index (Phi) is 12.0. The van der Waals surface area contributed by atoms with E-state index in [2.05, 4.69) is 21.5 Å². The van der Waals surface area contributed by atoms with Crippen molar-refractivity contribution in [1.29, 1.82) is 5.26 Å². The van der Waals surface area contributed by atoms with Crippen molar-refractivity contribution in [2.24, 2.45) is 7.05 Å². The number of piperazine rings is 1. The van der Waals surface area contributed by atoms with Crippen LogP contribution in [-0.4, -0.2) is 125 Å². The minimum atomic E-state index is -2.96. The summed E-state index contributed by atoms with van der Waals surface area (Å²) in [5.41, 5.74) is 2.48. The quantitative estimate of drug-likeness (QED) is 0.138. The van der Waals surface area contributed by atoms with Crippen LogP contribution in [0.2, 0.25) is 0 Å². The second kappa shape index (κ2) is 18.0. The van der Waals surface area contributed by atoms with Crippen LogP contribution < -0.4 is 29.3 Å². The van der Waals surface area contributed by atoms with Crippen molar-refractivity contribution in [1.82, 2.24) is 34.8 Å². The van der Waals surface area contributed by atoms with Gasteiger partial charge >= 0.3 is 6.03 Å². The van der Waals surface area contributed by atoms with Gasteiger partial charge in [0.25, 0.3) is 17.7 Å². The lowest BCUT2D eigenvalue weighted by Gasteiger charge is -2.46. The smallest absolute Gasteiger partial charge is 0.329 e. The van der Waals surface area contributed by atoms with Crippen molar-refractivity contribution < 1.29 is 42.2 Å². The molecule has 3 saturated heterocycles. The topological polar surface area (TPSA) is 179 Å². The highest BCUT2D eigenvalue weighted by Gasteiger charge is 2.48. The van der Waals surface area contributed by atoms with Gasteiger partial charge in [-0.25, -0.2) is 18.6 Å². The van der Waals surface area contributed by atoms with Crippen LogP contribution in [0.15, 0.2) is 72.9 Å². The Hall–Kier alpha value is -7.17. The standard InChI is InChI=1S/C47H48F2N10O7/c1-4-65-39-23-30(7-12-38(39)64-3)36(13-16-50)59-44(61)34-25-41(51-26-35(34)45(59)62)57-21-19-56(20-22-57)40-14-17-55(28-47(40,48)49)27-29-5-8-31(9-6-29)66-32-10-11-33-37(24-32)54(2)53-43(33)58-18-15-42(60)52-46(58)63/h5-12,23-26,36,40H,4,13-15,17-22,27-28H2,1-3H3,(H,52,60,63)/t36-,40+/m1/s1. The molecule has 0 unspecified atom stereocenters. The number of hydrogen-bond donors (Lipinski definition) is 1. The number of nitrogens with zero attached hydrogens (tertiary/aromatic N) is 9. The first-order valence-corrected chi connectivity index (χ1v) is 21.9. The highest BCUT2D eigenvalue weighted by Crippen LogP contribution is 2.39. The number of alkyl halides is 2. The van der Waals surface area contributed by atoms with Crippen LogP contribution in [-0.2, 0) is 18.4 Å². The third kappa shape index (κ3) is 8.44. The summed E-state index contributed by atoms with van der Waals surface area (Å²) in [5.74, 6) is -1.40. The number of ether oxygens (including phenoxy) is 3. The number of urea groups is 1. The number of rotatable bonds is 13. The first-order valence-electron chi connectivity index (χ1n) is 21.9. The number of amides is 5. The fraction of sp³-hybridized carbons (Fsp3) is 0.383. The van der Waals surface area contributed by atoms with E-state index in [0.29, 0.717) is 92.5 Å². The SMILES string of the molecule is CCOc1cc([C@@H](CC#N)N2C(=O)c3cnc(N4CCN([C@H]5CCN(Cc6ccc(Oc7ccc8c(N9CCC(=O)NC9=O)nn(C)c8c7)cc6)CC5(F)F)CC4)cc3C2=O)ccc1OC. The van der Waals surface area contributed by atoms with Gasteiger partial charge in [-0.15, -0.1) is 0 Å². The Bertz CT molecular complexity index is 2750. The summed E-state index contributed by atoms with van der Waals surface area (Å²) in [4.78, 5) is 64.3. The molecule has 19 heteroatoms. The Morgan fingerprint density at radius 2 is 1.67 bits per heavy atom. The minimum absolute atomic E-state index is 0.136. The summed E-state index contributed by atoms with van der Waals surface area (Å²) in [6.45, 7) is 4.44. The first-order chi connectivity index (χ1) is 31.8. The average Bonchev–Trinajstić information content (AvgIpc) is 3.76. The van der Waals surface area contributed by atoms with Gasteiger partial charge in [-0.2, -0.15) is 10.4 Å². The molecular formula is C47H48F2N10O7. The van der Waals surface area contributed by atoms with Gasteiger partial charge in [0.1, 0.15) is 17.3 Å². The van der Waals surface area contributed by atoms with Gasteiger partial charge in [0.2, 0.25) is 5.91 Å². The number of likely N-dealkylation sites (tertiary alicyclic amines) is 1. The number of hydrogen-bond acceptors (Lipinski definition) is 13. The molecule has 0 bridgehead atoms. The Morgan fingerprint density at radius 1 is 0.909 bits per heavy atom. The van der Waals surface area contributed by atoms with Crippen LogP contribution in [0.5, 0.6) is 23.0 Å². The summed E-state index contributed by atoms with van der Waals surface area (Å²) >= 11 is 0. The predicted octanol–water partition coefficient (Wildman–Crippen LogP) is 5.90. The monoisotopic (exact) mass is 902 g/mol. The summed E-state index contributed by atoms with van der Waals surface area (Å²) < 4.78 is 50.8. The molecule has 17 nitrogen and oxygen atoms in total. The maximum atomic E-state index is 15.9. The van der Waals surface area contributed by atoms with Crippen molar-refractivity contribution >= 4 is 46.3 Å². The number of anilines is 2. The molecule has 0 saturated carbocycles. The molecule has 0 aliphatic carbocycles. The molecule has 3 aromatic carbocycles. The van der Waals surface area contributed by atoms with Gasteiger partial charge in [0.05, 0.1) is 61.5 Å². The van der Waals surface area contributed by atoms with Crippen molar-refractivity contribution in [2.45, 2.75) is 50.7 Å². The third-order valence-corrected chi connectivity index (χ3v) is 12.7. The number of aromatic nitrogens is 3. The van der Waals surface area contributed by atoms with Gasteiger partial charge in [-0.3, -0.25) is 44.0 Å². The average molecular weight is 903 g/mol. The number of benzene rings is 3. The number of nitriles is 1. The van der Waals surface area contributed by atoms with E-state index in [0.717, 1.165) is 21.4 Å². The number of imide groups is 2. The van der Waals surface area contributed by atoms with Crippen LogP contribution in [0.4, 0.5) is 25.2 Å². The van der Waals surface area contributed by atoms with Crippen LogP contribution in [0.1, 0.15) is 64.1 Å². The molecule has 0 spiro atoms. The minimum Gasteiger partial charge on any atom is -0.493 e. The molecule has 2 aromatic heterocycles. The van der Waals surface area contributed by atoms with E-state index in [9.17, 15) is 24.4 Å². The molecule has 9 rings (SSSR count). The maximum Gasteiger partial charge on any atom is 0.329 e. The second-order valence-electron chi connectivity index (χ2n) is 16.7. The number of pyridine rings is 1.